The molecule has 1 N–H and O–H groups in total. The van der Waals surface area contributed by atoms with Crippen molar-refractivity contribution in [3.05, 3.63) is 28.7 Å². The fourth-order valence-corrected chi connectivity index (χ4v) is 3.74. The molecule has 0 fully saturated rings. The summed E-state index contributed by atoms with van der Waals surface area (Å²) in [6.45, 7) is 6.83. The molecule has 2 unspecified atom stereocenters. The van der Waals surface area contributed by atoms with Crippen LogP contribution in [0.4, 0.5) is 0 Å². The average Bonchev–Trinajstić information content (AvgIpc) is 2.36. The minimum atomic E-state index is -3.24. The summed E-state index contributed by atoms with van der Waals surface area (Å²) in [6, 6.07) is 7.04. The van der Waals surface area contributed by atoms with Crippen LogP contribution < -0.4 is 5.32 Å². The van der Waals surface area contributed by atoms with Gasteiger partial charge < -0.3 is 5.32 Å². The summed E-state index contributed by atoms with van der Waals surface area (Å²) in [5.41, 5.74) is 0. The van der Waals surface area contributed by atoms with Gasteiger partial charge in [0.2, 0.25) is 0 Å². The molecule has 0 radical (unpaired) electrons. The summed E-state index contributed by atoms with van der Waals surface area (Å²) < 4.78 is 25.7. The van der Waals surface area contributed by atoms with Crippen LogP contribution in [0.5, 0.6) is 0 Å². The molecular weight excluding hydrogens is 326 g/mol. The first kappa shape index (κ1) is 16.7. The van der Waals surface area contributed by atoms with E-state index in [4.69, 9.17) is 0 Å². The van der Waals surface area contributed by atoms with Crippen molar-refractivity contribution < 1.29 is 8.42 Å². The molecule has 0 saturated heterocycles. The van der Waals surface area contributed by atoms with E-state index in [2.05, 4.69) is 28.2 Å². The minimum Gasteiger partial charge on any atom is -0.314 e. The van der Waals surface area contributed by atoms with Crippen molar-refractivity contribution in [2.75, 3.05) is 6.54 Å². The van der Waals surface area contributed by atoms with Crippen molar-refractivity contribution in [3.63, 3.8) is 0 Å². The smallest absolute Gasteiger partial charge is 0.181 e. The number of halogens is 1. The second-order valence-corrected chi connectivity index (χ2v) is 8.18. The Hall–Kier alpha value is -0.390. The molecule has 1 rings (SSSR count). The van der Waals surface area contributed by atoms with Crippen molar-refractivity contribution in [2.45, 2.75) is 49.8 Å². The average molecular weight is 348 g/mol. The molecule has 19 heavy (non-hydrogen) atoms. The number of benzene rings is 1. The van der Waals surface area contributed by atoms with E-state index in [-0.39, 0.29) is 11.3 Å². The van der Waals surface area contributed by atoms with Crippen LogP contribution in [0.2, 0.25) is 0 Å². The zero-order chi connectivity index (χ0) is 14.5. The first-order valence-electron chi connectivity index (χ1n) is 6.60. The van der Waals surface area contributed by atoms with Gasteiger partial charge >= 0.3 is 0 Å². The topological polar surface area (TPSA) is 46.2 Å². The van der Waals surface area contributed by atoms with Crippen LogP contribution in [0, 0.1) is 0 Å². The van der Waals surface area contributed by atoms with Crippen LogP contribution in [0.15, 0.2) is 33.6 Å². The third-order valence-electron chi connectivity index (χ3n) is 3.10. The zero-order valence-electron chi connectivity index (χ0n) is 11.7. The van der Waals surface area contributed by atoms with E-state index < -0.39 is 9.84 Å². The highest BCUT2D eigenvalue weighted by atomic mass is 79.9. The maximum atomic E-state index is 12.4. The van der Waals surface area contributed by atoms with Gasteiger partial charge in [-0.15, -0.1) is 0 Å². The van der Waals surface area contributed by atoms with Crippen molar-refractivity contribution >= 4 is 25.8 Å². The van der Waals surface area contributed by atoms with Gasteiger partial charge in [0.05, 0.1) is 10.1 Å². The normalized spacial score (nSPS) is 15.2. The van der Waals surface area contributed by atoms with E-state index in [9.17, 15) is 8.42 Å². The highest BCUT2D eigenvalue weighted by molar-refractivity contribution is 9.10. The summed E-state index contributed by atoms with van der Waals surface area (Å²) in [6.07, 6.45) is 1.68. The van der Waals surface area contributed by atoms with Crippen LogP contribution in [0.3, 0.4) is 0 Å². The third kappa shape index (κ3) is 4.89. The first-order chi connectivity index (χ1) is 8.87. The Morgan fingerprint density at radius 3 is 2.32 bits per heavy atom. The van der Waals surface area contributed by atoms with E-state index >= 15 is 0 Å². The van der Waals surface area contributed by atoms with Crippen LogP contribution in [-0.4, -0.2) is 26.3 Å². The Morgan fingerprint density at radius 1 is 1.21 bits per heavy atom. The van der Waals surface area contributed by atoms with E-state index in [1.54, 1.807) is 31.2 Å². The molecule has 108 valence electrons. The Morgan fingerprint density at radius 2 is 1.79 bits per heavy atom. The third-order valence-corrected chi connectivity index (χ3v) is 5.81. The highest BCUT2D eigenvalue weighted by Gasteiger charge is 2.24. The molecule has 1 aromatic rings. The van der Waals surface area contributed by atoms with Crippen molar-refractivity contribution in [2.24, 2.45) is 0 Å². The Bertz CT molecular complexity index is 485. The molecule has 0 aliphatic rings. The second kappa shape index (κ2) is 7.41. The highest BCUT2D eigenvalue weighted by Crippen LogP contribution is 2.21. The Balaban J connectivity index is 2.74. The molecule has 0 bridgehead atoms. The summed E-state index contributed by atoms with van der Waals surface area (Å²) in [4.78, 5) is 0.394. The molecule has 0 aromatic heterocycles. The number of nitrogens with one attached hydrogen (secondary N) is 1. The maximum Gasteiger partial charge on any atom is 0.181 e. The molecule has 2 atom stereocenters. The molecule has 0 heterocycles. The van der Waals surface area contributed by atoms with Crippen LogP contribution in [0.1, 0.15) is 33.6 Å². The minimum absolute atomic E-state index is 0.208. The van der Waals surface area contributed by atoms with E-state index in [0.717, 1.165) is 17.4 Å². The molecule has 3 nitrogen and oxygen atoms in total. The fourth-order valence-electron chi connectivity index (χ4n) is 1.96. The quantitative estimate of drug-likeness (QED) is 0.822. The predicted molar refractivity (Wildman–Crippen MR) is 83.2 cm³/mol. The van der Waals surface area contributed by atoms with Gasteiger partial charge in [-0.1, -0.05) is 22.9 Å². The predicted octanol–water partition coefficient (Wildman–Crippen LogP) is 3.39. The Kier molecular flexibility index (Phi) is 6.50. The SMILES string of the molecule is CCCNC(C)CC(C)S(=O)(=O)c1ccc(Br)cc1. The number of sulfone groups is 1. The molecule has 0 saturated carbocycles. The van der Waals surface area contributed by atoms with Gasteiger partial charge in [-0.3, -0.25) is 0 Å². The molecule has 0 aliphatic carbocycles. The van der Waals surface area contributed by atoms with Crippen LogP contribution >= 0.6 is 15.9 Å². The summed E-state index contributed by atoms with van der Waals surface area (Å²) in [5.74, 6) is 0. The van der Waals surface area contributed by atoms with Gasteiger partial charge in [0.25, 0.3) is 0 Å². The van der Waals surface area contributed by atoms with Gasteiger partial charge in [-0.05, 0) is 57.5 Å². The van der Waals surface area contributed by atoms with E-state index in [1.165, 1.54) is 0 Å². The van der Waals surface area contributed by atoms with Crippen LogP contribution in [0.25, 0.3) is 0 Å². The number of hydrogen-bond donors (Lipinski definition) is 1. The number of rotatable bonds is 7. The molecule has 5 heteroatoms. The van der Waals surface area contributed by atoms with Gasteiger partial charge in [-0.2, -0.15) is 0 Å². The fraction of sp³-hybridized carbons (Fsp3) is 0.571. The van der Waals surface area contributed by atoms with Gasteiger partial charge in [0.15, 0.2) is 9.84 Å². The lowest BCUT2D eigenvalue weighted by molar-refractivity contribution is 0.497. The second-order valence-electron chi connectivity index (χ2n) is 4.90. The van der Waals surface area contributed by atoms with Crippen molar-refractivity contribution in [1.82, 2.24) is 5.32 Å². The molecule has 0 aliphatic heterocycles. The lowest BCUT2D eigenvalue weighted by atomic mass is 10.2. The van der Waals surface area contributed by atoms with Gasteiger partial charge in [0.1, 0.15) is 0 Å². The van der Waals surface area contributed by atoms with Gasteiger partial charge in [0, 0.05) is 10.5 Å². The number of hydrogen-bond acceptors (Lipinski definition) is 3. The standard InChI is InChI=1S/C14H22BrNO2S/c1-4-9-16-11(2)10-12(3)19(17,18)14-7-5-13(15)6-8-14/h5-8,11-12,16H,4,9-10H2,1-3H3. The lowest BCUT2D eigenvalue weighted by Crippen LogP contribution is -2.32. The monoisotopic (exact) mass is 347 g/mol. The molecule has 0 amide bonds. The first-order valence-corrected chi connectivity index (χ1v) is 8.94. The van der Waals surface area contributed by atoms with Crippen molar-refractivity contribution in [3.8, 4) is 0 Å². The summed E-state index contributed by atoms with van der Waals surface area (Å²) in [5, 5.41) is 2.94. The summed E-state index contributed by atoms with van der Waals surface area (Å²) in [7, 11) is -3.24. The molecular formula is C14H22BrNO2S. The van der Waals surface area contributed by atoms with E-state index in [0.29, 0.717) is 11.3 Å². The summed E-state index contributed by atoms with van der Waals surface area (Å²) >= 11 is 3.31. The lowest BCUT2D eigenvalue weighted by Gasteiger charge is -2.19. The zero-order valence-corrected chi connectivity index (χ0v) is 14.1. The van der Waals surface area contributed by atoms with E-state index in [1.807, 2.05) is 6.92 Å². The van der Waals surface area contributed by atoms with Crippen molar-refractivity contribution in [1.29, 1.82) is 0 Å². The maximum absolute atomic E-state index is 12.4. The van der Waals surface area contributed by atoms with Gasteiger partial charge in [-0.25, -0.2) is 8.42 Å². The molecule has 1 aromatic carbocycles. The Labute approximate surface area is 124 Å². The van der Waals surface area contributed by atoms with Crippen LogP contribution in [-0.2, 0) is 9.84 Å². The largest absolute Gasteiger partial charge is 0.314 e. The molecule has 0 spiro atoms.